The summed E-state index contributed by atoms with van der Waals surface area (Å²) >= 11 is 0. The highest BCUT2D eigenvalue weighted by atomic mass is 16.5. The maximum atomic E-state index is 12.2. The van der Waals surface area contributed by atoms with Crippen LogP contribution in [-0.4, -0.2) is 40.0 Å². The monoisotopic (exact) mass is 284 g/mol. The molecule has 1 aliphatic heterocycles. The Balaban J connectivity index is 1.65. The van der Waals surface area contributed by atoms with Crippen molar-refractivity contribution in [2.45, 2.75) is 12.5 Å². The van der Waals surface area contributed by atoms with E-state index in [-0.39, 0.29) is 23.6 Å². The molecule has 2 aromatic rings. The van der Waals surface area contributed by atoms with Crippen molar-refractivity contribution < 1.29 is 13.9 Å². The van der Waals surface area contributed by atoms with Crippen LogP contribution in [-0.2, 0) is 0 Å². The van der Waals surface area contributed by atoms with Crippen LogP contribution in [0.3, 0.4) is 0 Å². The van der Waals surface area contributed by atoms with Gasteiger partial charge in [-0.1, -0.05) is 0 Å². The van der Waals surface area contributed by atoms with E-state index in [9.17, 15) is 4.79 Å². The number of rotatable bonds is 3. The van der Waals surface area contributed by atoms with Crippen LogP contribution in [0.5, 0.6) is 5.88 Å². The third-order valence-corrected chi connectivity index (χ3v) is 3.25. The fourth-order valence-corrected chi connectivity index (χ4v) is 2.22. The number of nitriles is 1. The maximum Gasteiger partial charge on any atom is 0.257 e. The molecule has 1 amide bonds. The molecule has 21 heavy (non-hydrogen) atoms. The Morgan fingerprint density at radius 1 is 1.48 bits per heavy atom. The molecule has 0 radical (unpaired) electrons. The molecular weight excluding hydrogens is 272 g/mol. The summed E-state index contributed by atoms with van der Waals surface area (Å²) in [5, 5.41) is 8.95. The molecule has 2 aromatic heterocycles. The van der Waals surface area contributed by atoms with E-state index in [0.29, 0.717) is 25.1 Å². The number of aromatic nitrogens is 2. The summed E-state index contributed by atoms with van der Waals surface area (Å²) in [5.41, 5.74) is 0.671. The Morgan fingerprint density at radius 3 is 3.10 bits per heavy atom. The standard InChI is InChI=1S/C14H12N4O3/c15-7-12-13(17-4-3-16-12)21-11-1-5-18(8-11)14(19)10-2-6-20-9-10/h2-4,6,9,11H,1,5,8H2. The van der Waals surface area contributed by atoms with Gasteiger partial charge in [-0.3, -0.25) is 4.79 Å². The smallest absolute Gasteiger partial charge is 0.257 e. The summed E-state index contributed by atoms with van der Waals surface area (Å²) in [6, 6.07) is 3.57. The first-order valence-corrected chi connectivity index (χ1v) is 6.47. The molecule has 7 heteroatoms. The third kappa shape index (κ3) is 2.69. The molecule has 1 saturated heterocycles. The van der Waals surface area contributed by atoms with Gasteiger partial charge in [0.05, 0.1) is 18.4 Å². The third-order valence-electron chi connectivity index (χ3n) is 3.25. The SMILES string of the molecule is N#Cc1nccnc1OC1CCN(C(=O)c2ccoc2)C1. The lowest BCUT2D eigenvalue weighted by molar-refractivity contribution is 0.0770. The number of amides is 1. The summed E-state index contributed by atoms with van der Waals surface area (Å²) in [7, 11) is 0. The van der Waals surface area contributed by atoms with Gasteiger partial charge < -0.3 is 14.1 Å². The van der Waals surface area contributed by atoms with E-state index < -0.39 is 0 Å². The normalized spacial score (nSPS) is 17.5. The number of carbonyl (C=O) groups is 1. The van der Waals surface area contributed by atoms with E-state index in [1.54, 1.807) is 11.0 Å². The van der Waals surface area contributed by atoms with Crippen molar-refractivity contribution in [2.75, 3.05) is 13.1 Å². The fraction of sp³-hybridized carbons (Fsp3) is 0.286. The van der Waals surface area contributed by atoms with Gasteiger partial charge in [-0.15, -0.1) is 0 Å². The number of hydrogen-bond donors (Lipinski definition) is 0. The van der Waals surface area contributed by atoms with Gasteiger partial charge in [0.15, 0.2) is 0 Å². The van der Waals surface area contributed by atoms with Crippen molar-refractivity contribution in [1.82, 2.24) is 14.9 Å². The van der Waals surface area contributed by atoms with Crippen LogP contribution in [0.2, 0.25) is 0 Å². The van der Waals surface area contributed by atoms with Gasteiger partial charge in [-0.2, -0.15) is 5.26 Å². The summed E-state index contributed by atoms with van der Waals surface area (Å²) in [5.74, 6) is 0.122. The Labute approximate surface area is 120 Å². The molecular formula is C14H12N4O3. The quantitative estimate of drug-likeness (QED) is 0.841. The van der Waals surface area contributed by atoms with Gasteiger partial charge in [0.2, 0.25) is 5.69 Å². The molecule has 1 aliphatic rings. The molecule has 0 saturated carbocycles. The summed E-state index contributed by atoms with van der Waals surface area (Å²) < 4.78 is 10.6. The van der Waals surface area contributed by atoms with E-state index in [4.69, 9.17) is 14.4 Å². The van der Waals surface area contributed by atoms with Crippen molar-refractivity contribution in [2.24, 2.45) is 0 Å². The van der Waals surface area contributed by atoms with Crippen LogP contribution in [0.25, 0.3) is 0 Å². The van der Waals surface area contributed by atoms with E-state index in [0.717, 1.165) is 0 Å². The van der Waals surface area contributed by atoms with Crippen molar-refractivity contribution >= 4 is 5.91 Å². The zero-order valence-electron chi connectivity index (χ0n) is 11.1. The molecule has 0 bridgehead atoms. The average molecular weight is 284 g/mol. The Hall–Kier alpha value is -2.88. The summed E-state index contributed by atoms with van der Waals surface area (Å²) in [6.07, 6.45) is 6.30. The van der Waals surface area contributed by atoms with Crippen LogP contribution in [0.1, 0.15) is 22.5 Å². The summed E-state index contributed by atoms with van der Waals surface area (Å²) in [4.78, 5) is 21.8. The lowest BCUT2D eigenvalue weighted by Gasteiger charge is -2.16. The van der Waals surface area contributed by atoms with Crippen LogP contribution < -0.4 is 4.74 Å². The van der Waals surface area contributed by atoms with Gasteiger partial charge in [-0.05, 0) is 6.07 Å². The number of nitrogens with zero attached hydrogens (tertiary/aromatic N) is 4. The molecule has 1 unspecified atom stereocenters. The van der Waals surface area contributed by atoms with Gasteiger partial charge in [0.25, 0.3) is 11.8 Å². The van der Waals surface area contributed by atoms with Gasteiger partial charge in [-0.25, -0.2) is 9.97 Å². The largest absolute Gasteiger partial charge is 0.472 e. The molecule has 7 nitrogen and oxygen atoms in total. The molecule has 0 aliphatic carbocycles. The maximum absolute atomic E-state index is 12.2. The zero-order valence-corrected chi connectivity index (χ0v) is 11.1. The van der Waals surface area contributed by atoms with Crippen molar-refractivity contribution in [1.29, 1.82) is 5.26 Å². The average Bonchev–Trinajstić information content (AvgIpc) is 3.19. The van der Waals surface area contributed by atoms with Crippen molar-refractivity contribution in [3.05, 3.63) is 42.2 Å². The zero-order chi connectivity index (χ0) is 14.7. The minimum atomic E-state index is -0.190. The molecule has 1 fully saturated rings. The van der Waals surface area contributed by atoms with Gasteiger partial charge in [0, 0.05) is 25.4 Å². The minimum absolute atomic E-state index is 0.0884. The van der Waals surface area contributed by atoms with E-state index in [1.165, 1.54) is 24.9 Å². The molecule has 106 valence electrons. The number of carbonyl (C=O) groups excluding carboxylic acids is 1. The van der Waals surface area contributed by atoms with Crippen molar-refractivity contribution in [3.8, 4) is 11.9 Å². The number of furan rings is 1. The highest BCUT2D eigenvalue weighted by Gasteiger charge is 2.29. The van der Waals surface area contributed by atoms with Crippen molar-refractivity contribution in [3.63, 3.8) is 0 Å². The topological polar surface area (TPSA) is 92.2 Å². The molecule has 3 rings (SSSR count). The van der Waals surface area contributed by atoms with E-state index in [2.05, 4.69) is 9.97 Å². The van der Waals surface area contributed by atoms with Gasteiger partial charge >= 0.3 is 0 Å². The first-order valence-electron chi connectivity index (χ1n) is 6.47. The molecule has 0 aromatic carbocycles. The molecule has 0 spiro atoms. The second kappa shape index (κ2) is 5.63. The predicted molar refractivity (Wildman–Crippen MR) is 70.4 cm³/mol. The number of ether oxygens (including phenoxy) is 1. The van der Waals surface area contributed by atoms with Crippen LogP contribution in [0, 0.1) is 11.3 Å². The van der Waals surface area contributed by atoms with Gasteiger partial charge in [0.1, 0.15) is 18.4 Å². The first kappa shape index (κ1) is 13.1. The molecule has 1 atom stereocenters. The Kier molecular flexibility index (Phi) is 3.51. The summed E-state index contributed by atoms with van der Waals surface area (Å²) in [6.45, 7) is 1.04. The van der Waals surface area contributed by atoms with Crippen LogP contribution >= 0.6 is 0 Å². The fourth-order valence-electron chi connectivity index (χ4n) is 2.22. The second-order valence-corrected chi connectivity index (χ2v) is 4.61. The van der Waals surface area contributed by atoms with Crippen LogP contribution in [0.15, 0.2) is 35.4 Å². The number of hydrogen-bond acceptors (Lipinski definition) is 6. The lowest BCUT2D eigenvalue weighted by Crippen LogP contribution is -2.30. The van der Waals surface area contributed by atoms with E-state index in [1.807, 2.05) is 6.07 Å². The lowest BCUT2D eigenvalue weighted by atomic mass is 10.3. The minimum Gasteiger partial charge on any atom is -0.472 e. The highest BCUT2D eigenvalue weighted by Crippen LogP contribution is 2.20. The Morgan fingerprint density at radius 2 is 2.33 bits per heavy atom. The number of likely N-dealkylation sites (tertiary alicyclic amines) is 1. The highest BCUT2D eigenvalue weighted by molar-refractivity contribution is 5.94. The van der Waals surface area contributed by atoms with Crippen LogP contribution in [0.4, 0.5) is 0 Å². The second-order valence-electron chi connectivity index (χ2n) is 4.61. The van der Waals surface area contributed by atoms with E-state index >= 15 is 0 Å². The molecule has 0 N–H and O–H groups in total. The molecule has 3 heterocycles. The first-order chi connectivity index (χ1) is 10.3. The Bertz CT molecular complexity index is 678. The predicted octanol–water partition coefficient (Wildman–Crippen LogP) is 1.23.